The molecule has 1 aliphatic carbocycles. The van der Waals surface area contributed by atoms with Gasteiger partial charge in [-0.25, -0.2) is 17.5 Å². The lowest BCUT2D eigenvalue weighted by Gasteiger charge is -2.30. The summed E-state index contributed by atoms with van der Waals surface area (Å²) in [7, 11) is -3.88. The second kappa shape index (κ2) is 7.59. The summed E-state index contributed by atoms with van der Waals surface area (Å²) in [4.78, 5) is 11.7. The zero-order valence-electron chi connectivity index (χ0n) is 13.6. The number of amides is 1. The van der Waals surface area contributed by atoms with E-state index < -0.39 is 45.5 Å². The third-order valence-corrected chi connectivity index (χ3v) is 4.83. The lowest BCUT2D eigenvalue weighted by Crippen LogP contribution is -2.32. The van der Waals surface area contributed by atoms with E-state index in [-0.39, 0.29) is 36.5 Å². The Bertz CT molecular complexity index is 790. The van der Waals surface area contributed by atoms with E-state index >= 15 is 0 Å². The molecule has 0 atom stereocenters. The molecule has 0 bridgehead atoms. The zero-order valence-corrected chi connectivity index (χ0v) is 15.1. The van der Waals surface area contributed by atoms with E-state index in [1.54, 1.807) is 4.72 Å². The van der Waals surface area contributed by atoms with E-state index in [1.807, 2.05) is 0 Å². The maximum absolute atomic E-state index is 14.1. The Labute approximate surface area is 152 Å². The van der Waals surface area contributed by atoms with Crippen LogP contribution in [0.2, 0.25) is 5.02 Å². The summed E-state index contributed by atoms with van der Waals surface area (Å²) in [6.45, 7) is 0. The van der Waals surface area contributed by atoms with Crippen LogP contribution in [-0.4, -0.2) is 32.9 Å². The Kier molecular flexibility index (Phi) is 6.06. The number of ether oxygens (including phenoxy) is 1. The molecule has 11 heteroatoms. The third-order valence-electron chi connectivity index (χ3n) is 3.98. The van der Waals surface area contributed by atoms with Gasteiger partial charge in [-0.1, -0.05) is 11.6 Å². The number of alkyl halides is 3. The highest BCUT2D eigenvalue weighted by atomic mass is 35.5. The van der Waals surface area contributed by atoms with E-state index in [2.05, 4.69) is 0 Å². The normalized spacial score (nSPS) is 21.3. The van der Waals surface area contributed by atoms with Gasteiger partial charge in [0.25, 0.3) is 5.91 Å². The van der Waals surface area contributed by atoms with Crippen LogP contribution in [0.3, 0.4) is 0 Å². The molecule has 5 nitrogen and oxygen atoms in total. The van der Waals surface area contributed by atoms with Gasteiger partial charge in [0.2, 0.25) is 10.0 Å². The number of hydrogen-bond acceptors (Lipinski definition) is 4. The summed E-state index contributed by atoms with van der Waals surface area (Å²) >= 11 is 5.94. The van der Waals surface area contributed by atoms with Crippen LogP contribution < -0.4 is 9.46 Å². The minimum atomic E-state index is -4.25. The van der Waals surface area contributed by atoms with Gasteiger partial charge in [-0.3, -0.25) is 4.79 Å². The first-order valence-corrected chi connectivity index (χ1v) is 9.88. The first-order valence-electron chi connectivity index (χ1n) is 7.61. The number of sulfonamides is 1. The van der Waals surface area contributed by atoms with Crippen molar-refractivity contribution in [3.63, 3.8) is 0 Å². The molecule has 1 saturated carbocycles. The van der Waals surface area contributed by atoms with Crippen LogP contribution in [0.1, 0.15) is 36.0 Å². The highest BCUT2D eigenvalue weighted by Gasteiger charge is 2.41. The molecular formula is C15H16ClF4NO4S. The molecule has 0 spiro atoms. The number of benzene rings is 1. The van der Waals surface area contributed by atoms with E-state index in [0.717, 1.165) is 18.4 Å². The Morgan fingerprint density at radius 3 is 2.31 bits per heavy atom. The van der Waals surface area contributed by atoms with Crippen molar-refractivity contribution in [2.24, 2.45) is 5.92 Å². The molecule has 1 fully saturated rings. The van der Waals surface area contributed by atoms with Gasteiger partial charge in [0, 0.05) is 6.07 Å². The molecule has 1 N–H and O–H groups in total. The molecule has 1 aliphatic rings. The molecule has 2 rings (SSSR count). The molecule has 0 saturated heterocycles. The van der Waals surface area contributed by atoms with Gasteiger partial charge in [0.15, 0.2) is 0 Å². The lowest BCUT2D eigenvalue weighted by molar-refractivity contribution is -0.185. The van der Waals surface area contributed by atoms with E-state index in [4.69, 9.17) is 16.3 Å². The number of carbonyl (C=O) groups is 1. The van der Waals surface area contributed by atoms with Crippen molar-refractivity contribution in [2.45, 2.75) is 38.0 Å². The average Bonchev–Trinajstić information content (AvgIpc) is 2.48. The van der Waals surface area contributed by atoms with Crippen molar-refractivity contribution in [1.82, 2.24) is 4.72 Å². The molecule has 0 heterocycles. The summed E-state index contributed by atoms with van der Waals surface area (Å²) in [5, 5.41) is -0.150. The molecule has 146 valence electrons. The van der Waals surface area contributed by atoms with Crippen LogP contribution in [-0.2, 0) is 10.0 Å². The van der Waals surface area contributed by atoms with Gasteiger partial charge in [-0.2, -0.15) is 13.2 Å². The monoisotopic (exact) mass is 417 g/mol. The number of rotatable bonds is 4. The van der Waals surface area contributed by atoms with Crippen LogP contribution >= 0.6 is 11.6 Å². The largest absolute Gasteiger partial charge is 0.489 e. The van der Waals surface area contributed by atoms with Gasteiger partial charge >= 0.3 is 6.18 Å². The average molecular weight is 418 g/mol. The van der Waals surface area contributed by atoms with Gasteiger partial charge < -0.3 is 4.74 Å². The maximum atomic E-state index is 14.1. The summed E-state index contributed by atoms with van der Waals surface area (Å²) in [5.74, 6) is -3.74. The minimum absolute atomic E-state index is 0.0941. The van der Waals surface area contributed by atoms with Crippen LogP contribution in [0.15, 0.2) is 12.1 Å². The first-order chi connectivity index (χ1) is 11.9. The number of halogens is 5. The number of nitrogens with one attached hydrogen (secondary N) is 1. The third kappa shape index (κ3) is 5.47. The van der Waals surface area contributed by atoms with Crippen molar-refractivity contribution in [3.8, 4) is 5.75 Å². The Morgan fingerprint density at radius 2 is 1.81 bits per heavy atom. The molecule has 1 amide bonds. The summed E-state index contributed by atoms with van der Waals surface area (Å²) in [6, 6.07) is 1.73. The first kappa shape index (κ1) is 20.8. The topological polar surface area (TPSA) is 72.5 Å². The summed E-state index contributed by atoms with van der Waals surface area (Å²) in [5.41, 5.74) is -0.589. The summed E-state index contributed by atoms with van der Waals surface area (Å²) < 4.78 is 81.2. The van der Waals surface area contributed by atoms with Gasteiger partial charge in [0.1, 0.15) is 11.6 Å². The smallest absolute Gasteiger partial charge is 0.391 e. The van der Waals surface area contributed by atoms with Gasteiger partial charge in [-0.05, 0) is 31.7 Å². The maximum Gasteiger partial charge on any atom is 0.391 e. The van der Waals surface area contributed by atoms with Crippen LogP contribution in [0.25, 0.3) is 0 Å². The van der Waals surface area contributed by atoms with E-state index in [0.29, 0.717) is 0 Å². The van der Waals surface area contributed by atoms with Crippen molar-refractivity contribution in [3.05, 3.63) is 28.5 Å². The molecule has 0 radical (unpaired) electrons. The SMILES string of the molecule is CS(=O)(=O)NC(=O)c1cc(Cl)c(O[C@H]2CC[C@H](C(F)(F)F)CC2)cc1F. The molecule has 0 aromatic heterocycles. The zero-order chi connectivity index (χ0) is 19.7. The molecule has 0 aliphatic heterocycles. The molecular weight excluding hydrogens is 402 g/mol. The molecule has 1 aromatic carbocycles. The van der Waals surface area contributed by atoms with Gasteiger partial charge in [0.05, 0.1) is 28.9 Å². The van der Waals surface area contributed by atoms with Crippen molar-refractivity contribution in [2.75, 3.05) is 6.26 Å². The fourth-order valence-corrected chi connectivity index (χ4v) is 3.36. The van der Waals surface area contributed by atoms with Crippen LogP contribution in [0, 0.1) is 11.7 Å². The van der Waals surface area contributed by atoms with E-state index in [9.17, 15) is 30.8 Å². The quantitative estimate of drug-likeness (QED) is 0.759. The molecule has 0 unspecified atom stereocenters. The van der Waals surface area contributed by atoms with Crippen LogP contribution in [0.5, 0.6) is 5.75 Å². The van der Waals surface area contributed by atoms with E-state index in [1.165, 1.54) is 0 Å². The minimum Gasteiger partial charge on any atom is -0.489 e. The Balaban J connectivity index is 2.08. The highest BCUT2D eigenvalue weighted by Crippen LogP contribution is 2.39. The van der Waals surface area contributed by atoms with Gasteiger partial charge in [-0.15, -0.1) is 0 Å². The fraction of sp³-hybridized carbons (Fsp3) is 0.533. The van der Waals surface area contributed by atoms with Crippen molar-refractivity contribution < 1.29 is 35.5 Å². The predicted molar refractivity (Wildman–Crippen MR) is 86.1 cm³/mol. The Morgan fingerprint density at radius 1 is 1.23 bits per heavy atom. The van der Waals surface area contributed by atoms with Crippen molar-refractivity contribution >= 4 is 27.5 Å². The highest BCUT2D eigenvalue weighted by molar-refractivity contribution is 7.89. The predicted octanol–water partition coefficient (Wildman–Crippen LogP) is 3.67. The molecule has 1 aromatic rings. The molecule has 26 heavy (non-hydrogen) atoms. The Hall–Kier alpha value is -1.55. The second-order valence-corrected chi connectivity index (χ2v) is 8.25. The number of carbonyl (C=O) groups excluding carboxylic acids is 1. The summed E-state index contributed by atoms with van der Waals surface area (Å²) in [6.07, 6.45) is -3.98. The number of hydrogen-bond donors (Lipinski definition) is 1. The second-order valence-electron chi connectivity index (χ2n) is 6.10. The van der Waals surface area contributed by atoms with Crippen molar-refractivity contribution in [1.29, 1.82) is 0 Å². The van der Waals surface area contributed by atoms with Crippen LogP contribution in [0.4, 0.5) is 17.6 Å². The standard InChI is InChI=1S/C15H16ClF4NO4S/c1-26(23,24)21-14(22)10-6-11(16)13(7-12(10)17)25-9-4-2-8(3-5-9)15(18,19)20/h6-9H,2-5H2,1H3,(H,21,22)/t8-,9-. The lowest BCUT2D eigenvalue weighted by atomic mass is 9.87. The fourth-order valence-electron chi connectivity index (χ4n) is 2.70.